The highest BCUT2D eigenvalue weighted by molar-refractivity contribution is 5.80. The van der Waals surface area contributed by atoms with Gasteiger partial charge in [-0.1, -0.05) is 386 Å². The van der Waals surface area contributed by atoms with Gasteiger partial charge in [0, 0.05) is 0 Å². The zero-order valence-electron chi connectivity index (χ0n) is 56.4. The Labute approximate surface area is 526 Å². The normalized spacial score (nSPS) is 18.7. The molecule has 0 aliphatic carbocycles. The fraction of sp³-hybridized carbons (Fsp3) is 0.986. The lowest BCUT2D eigenvalue weighted by Crippen LogP contribution is -2.60. The number of ether oxygens (including phenoxy) is 2. The zero-order chi connectivity index (χ0) is 61.7. The van der Waals surface area contributed by atoms with E-state index in [1.165, 1.54) is 321 Å². The first-order valence-electron chi connectivity index (χ1n) is 37.9. The van der Waals surface area contributed by atoms with E-state index in [0.717, 1.165) is 38.5 Å². The molecule has 9 unspecified atom stereocenters. The van der Waals surface area contributed by atoms with Crippen molar-refractivity contribution in [3.8, 4) is 0 Å². The molecule has 0 spiro atoms. The molecule has 1 heterocycles. The molecule has 1 amide bonds. The maximum absolute atomic E-state index is 13.3. The fourth-order valence-corrected chi connectivity index (χ4v) is 12.9. The van der Waals surface area contributed by atoms with Crippen molar-refractivity contribution >= 4 is 5.91 Å². The third-order valence-electron chi connectivity index (χ3n) is 18.9. The number of hydrogen-bond donors (Lipinski definition) is 8. The zero-order valence-corrected chi connectivity index (χ0v) is 56.4. The van der Waals surface area contributed by atoms with Crippen molar-refractivity contribution in [2.75, 3.05) is 13.2 Å². The molecule has 0 aromatic rings. The molecule has 11 nitrogen and oxygen atoms in total. The minimum atomic E-state index is -1.66. The molecule has 0 aromatic carbocycles. The molecule has 1 aliphatic heterocycles. The van der Waals surface area contributed by atoms with Crippen LogP contribution in [-0.2, 0) is 14.3 Å². The van der Waals surface area contributed by atoms with Crippen molar-refractivity contribution in [2.24, 2.45) is 0 Å². The topological polar surface area (TPSA) is 189 Å². The van der Waals surface area contributed by atoms with E-state index in [1.807, 2.05) is 0 Å². The Bertz CT molecular complexity index is 1340. The van der Waals surface area contributed by atoms with Crippen molar-refractivity contribution < 1.29 is 50.0 Å². The van der Waals surface area contributed by atoms with Gasteiger partial charge < -0.3 is 50.5 Å². The fourth-order valence-electron chi connectivity index (χ4n) is 12.9. The Hall–Kier alpha value is -0.890. The Kier molecular flexibility index (Phi) is 61.1. The molecule has 0 saturated carbocycles. The van der Waals surface area contributed by atoms with E-state index >= 15 is 0 Å². The van der Waals surface area contributed by atoms with Crippen LogP contribution in [0.15, 0.2) is 0 Å². The maximum Gasteiger partial charge on any atom is 0.249 e. The minimum absolute atomic E-state index is 0.268. The van der Waals surface area contributed by atoms with Gasteiger partial charge in [-0.25, -0.2) is 0 Å². The predicted molar refractivity (Wildman–Crippen MR) is 358 cm³/mol. The van der Waals surface area contributed by atoms with Crippen LogP contribution in [0.2, 0.25) is 0 Å². The Morgan fingerprint density at radius 2 is 0.612 bits per heavy atom. The molecule has 1 rings (SSSR count). The summed E-state index contributed by atoms with van der Waals surface area (Å²) in [6.45, 7) is 3.54. The van der Waals surface area contributed by atoms with Gasteiger partial charge in [0.25, 0.3) is 0 Å². The number of carbonyl (C=O) groups excluding carboxylic acids is 1. The molecule has 1 fully saturated rings. The Morgan fingerprint density at radius 3 is 0.871 bits per heavy atom. The second-order valence-electron chi connectivity index (χ2n) is 27.1. The molecular weight excluding hydrogens is 1060 g/mol. The molecule has 0 bridgehead atoms. The summed E-state index contributed by atoms with van der Waals surface area (Å²) in [5.74, 6) is -0.686. The monoisotopic (exact) mass is 1210 g/mol. The summed E-state index contributed by atoms with van der Waals surface area (Å²) in [6.07, 6.45) is 66.3. The largest absolute Gasteiger partial charge is 0.394 e. The van der Waals surface area contributed by atoms with Crippen molar-refractivity contribution in [1.82, 2.24) is 5.32 Å². The van der Waals surface area contributed by atoms with Gasteiger partial charge in [0.15, 0.2) is 6.29 Å². The molecule has 0 aromatic heterocycles. The molecule has 11 heteroatoms. The number of unbranched alkanes of at least 4 members (excludes halogenated alkanes) is 56. The Morgan fingerprint density at radius 1 is 0.365 bits per heavy atom. The Balaban J connectivity index is 2.15. The lowest BCUT2D eigenvalue weighted by Gasteiger charge is -2.40. The summed E-state index contributed by atoms with van der Waals surface area (Å²) in [5.41, 5.74) is 0. The van der Waals surface area contributed by atoms with Crippen LogP contribution >= 0.6 is 0 Å². The molecule has 508 valence electrons. The lowest BCUT2D eigenvalue weighted by molar-refractivity contribution is -0.303. The first-order valence-corrected chi connectivity index (χ1v) is 37.9. The summed E-state index contributed by atoms with van der Waals surface area (Å²) < 4.78 is 11.2. The van der Waals surface area contributed by atoms with Gasteiger partial charge in [-0.05, 0) is 12.8 Å². The van der Waals surface area contributed by atoms with Gasteiger partial charge in [-0.2, -0.15) is 0 Å². The van der Waals surface area contributed by atoms with Crippen LogP contribution in [0.3, 0.4) is 0 Å². The highest BCUT2D eigenvalue weighted by Gasteiger charge is 2.44. The van der Waals surface area contributed by atoms with Crippen molar-refractivity contribution in [1.29, 1.82) is 0 Å². The van der Waals surface area contributed by atoms with Crippen LogP contribution in [0.5, 0.6) is 0 Å². The molecule has 8 N–H and O–H groups in total. The average molecular weight is 1210 g/mol. The lowest BCUT2D eigenvalue weighted by atomic mass is 9.98. The van der Waals surface area contributed by atoms with Crippen LogP contribution in [0, 0.1) is 0 Å². The minimum Gasteiger partial charge on any atom is -0.394 e. The first kappa shape index (κ1) is 82.1. The van der Waals surface area contributed by atoms with E-state index in [9.17, 15) is 40.5 Å². The predicted octanol–water partition coefficient (Wildman–Crippen LogP) is 18.8. The number of aliphatic hydroxyl groups is 7. The second kappa shape index (κ2) is 63.3. The van der Waals surface area contributed by atoms with E-state index in [0.29, 0.717) is 19.3 Å². The van der Waals surface area contributed by atoms with Gasteiger partial charge >= 0.3 is 0 Å². The standard InChI is InChI=1S/C74H147NO10/c1-3-5-7-9-11-13-15-17-19-21-23-25-27-29-31-32-33-34-36-37-39-41-43-45-47-49-51-53-55-57-59-61-66(77)69(79)65(64-84-74-72(82)71(81)70(80)68(63-76)85-74)75-73(83)67(78)62-60-58-56-54-52-50-48-46-44-42-40-38-35-30-28-26-24-22-20-18-16-14-12-10-8-6-4-2/h65-72,74,76-82H,3-64H2,1-2H3,(H,75,83). The van der Waals surface area contributed by atoms with E-state index < -0.39 is 74.2 Å². The van der Waals surface area contributed by atoms with E-state index in [2.05, 4.69) is 19.2 Å². The van der Waals surface area contributed by atoms with Crippen LogP contribution in [-0.4, -0.2) is 110 Å². The van der Waals surface area contributed by atoms with Crippen LogP contribution in [0.4, 0.5) is 0 Å². The number of aliphatic hydroxyl groups excluding tert-OH is 7. The van der Waals surface area contributed by atoms with Crippen molar-refractivity contribution in [3.63, 3.8) is 0 Å². The summed E-state index contributed by atoms with van der Waals surface area (Å²) in [5, 5.41) is 76.7. The highest BCUT2D eigenvalue weighted by atomic mass is 16.7. The molecular formula is C74H147NO10. The summed E-state index contributed by atoms with van der Waals surface area (Å²) in [4.78, 5) is 13.3. The number of nitrogens with one attached hydrogen (secondary N) is 1. The van der Waals surface area contributed by atoms with E-state index in [1.54, 1.807) is 0 Å². The van der Waals surface area contributed by atoms with Crippen LogP contribution < -0.4 is 5.32 Å². The molecule has 1 aliphatic rings. The summed E-state index contributed by atoms with van der Waals surface area (Å²) >= 11 is 0. The third kappa shape index (κ3) is 50.4. The van der Waals surface area contributed by atoms with Crippen molar-refractivity contribution in [2.45, 2.75) is 454 Å². The number of hydrogen-bond acceptors (Lipinski definition) is 10. The van der Waals surface area contributed by atoms with Gasteiger partial charge in [0.1, 0.15) is 36.6 Å². The highest BCUT2D eigenvalue weighted by Crippen LogP contribution is 2.24. The SMILES string of the molecule is CCCCCCCCCCCCCCCCCCCCCCCCCCCCCCCCCC(O)C(O)C(COC1OC(CO)C(O)C(O)C1O)NC(=O)C(O)CCCCCCCCCCCCCCCCCCCCCCCCCCCCC. The first-order chi connectivity index (χ1) is 41.7. The smallest absolute Gasteiger partial charge is 0.249 e. The van der Waals surface area contributed by atoms with Gasteiger partial charge in [0.2, 0.25) is 5.91 Å². The number of amides is 1. The molecule has 9 atom stereocenters. The summed E-state index contributed by atoms with van der Waals surface area (Å²) in [6, 6.07) is -1.17. The second-order valence-corrected chi connectivity index (χ2v) is 27.1. The molecule has 1 saturated heterocycles. The van der Waals surface area contributed by atoms with Gasteiger partial charge in [0.05, 0.1) is 25.4 Å². The number of carbonyl (C=O) groups is 1. The molecule has 85 heavy (non-hydrogen) atoms. The molecule has 0 radical (unpaired) electrons. The quantitative estimate of drug-likeness (QED) is 0.0272. The van der Waals surface area contributed by atoms with Gasteiger partial charge in [-0.15, -0.1) is 0 Å². The van der Waals surface area contributed by atoms with Crippen molar-refractivity contribution in [3.05, 3.63) is 0 Å². The third-order valence-corrected chi connectivity index (χ3v) is 18.9. The summed E-state index contributed by atoms with van der Waals surface area (Å²) in [7, 11) is 0. The maximum atomic E-state index is 13.3. The van der Waals surface area contributed by atoms with Gasteiger partial charge in [-0.3, -0.25) is 4.79 Å². The van der Waals surface area contributed by atoms with Crippen LogP contribution in [0.1, 0.15) is 399 Å². The number of rotatable bonds is 68. The van der Waals surface area contributed by atoms with E-state index in [4.69, 9.17) is 9.47 Å². The average Bonchev–Trinajstić information content (AvgIpc) is 3.67. The van der Waals surface area contributed by atoms with E-state index in [-0.39, 0.29) is 6.42 Å². The van der Waals surface area contributed by atoms with Crippen LogP contribution in [0.25, 0.3) is 0 Å².